The molecule has 0 unspecified atom stereocenters. The summed E-state index contributed by atoms with van der Waals surface area (Å²) in [5.74, 6) is 0.514. The second-order valence-corrected chi connectivity index (χ2v) is 4.30. The first-order chi connectivity index (χ1) is 8.70. The monoisotopic (exact) mass is 261 g/mol. The summed E-state index contributed by atoms with van der Waals surface area (Å²) >= 11 is 6.03. The van der Waals surface area contributed by atoms with Crippen LogP contribution in [0.5, 0.6) is 5.88 Å². The molecule has 0 aliphatic carbocycles. The lowest BCUT2D eigenvalue weighted by Crippen LogP contribution is -2.00. The van der Waals surface area contributed by atoms with Crippen LogP contribution in [0.15, 0.2) is 36.5 Å². The van der Waals surface area contributed by atoms with Crippen LogP contribution in [0, 0.1) is 6.92 Å². The van der Waals surface area contributed by atoms with E-state index in [-0.39, 0.29) is 0 Å². The van der Waals surface area contributed by atoms with Crippen molar-refractivity contribution in [3.05, 3.63) is 58.2 Å². The van der Waals surface area contributed by atoms with E-state index in [2.05, 4.69) is 4.98 Å². The number of hydrogen-bond donors (Lipinski definition) is 0. The van der Waals surface area contributed by atoms with Crippen LogP contribution in [0.25, 0.3) is 0 Å². The first kappa shape index (κ1) is 12.6. The Morgan fingerprint density at radius 1 is 1.39 bits per heavy atom. The number of aryl methyl sites for hydroxylation is 1. The lowest BCUT2D eigenvalue weighted by atomic mass is 10.2. The largest absolute Gasteiger partial charge is 0.473 e. The average molecular weight is 262 g/mol. The molecule has 92 valence electrons. The van der Waals surface area contributed by atoms with Crippen molar-refractivity contribution in [1.82, 2.24) is 4.98 Å². The van der Waals surface area contributed by atoms with Crippen LogP contribution in [0.2, 0.25) is 5.02 Å². The first-order valence-electron chi connectivity index (χ1n) is 5.48. The summed E-state index contributed by atoms with van der Waals surface area (Å²) in [6, 6.07) is 9.23. The normalized spacial score (nSPS) is 10.1. The van der Waals surface area contributed by atoms with Gasteiger partial charge in [-0.3, -0.25) is 4.79 Å². The molecule has 0 saturated carbocycles. The van der Waals surface area contributed by atoms with E-state index in [4.69, 9.17) is 16.3 Å². The van der Waals surface area contributed by atoms with Gasteiger partial charge >= 0.3 is 0 Å². The van der Waals surface area contributed by atoms with Gasteiger partial charge < -0.3 is 4.74 Å². The molecule has 4 heteroatoms. The van der Waals surface area contributed by atoms with Gasteiger partial charge in [-0.1, -0.05) is 29.8 Å². The zero-order valence-electron chi connectivity index (χ0n) is 9.89. The lowest BCUT2D eigenvalue weighted by Gasteiger charge is -2.09. The number of aromatic nitrogens is 1. The first-order valence-corrected chi connectivity index (χ1v) is 5.86. The summed E-state index contributed by atoms with van der Waals surface area (Å²) < 4.78 is 5.59. The number of hydrogen-bond acceptors (Lipinski definition) is 3. The van der Waals surface area contributed by atoms with E-state index in [1.54, 1.807) is 6.07 Å². The number of benzene rings is 1. The average Bonchev–Trinajstić information content (AvgIpc) is 2.39. The van der Waals surface area contributed by atoms with Gasteiger partial charge in [-0.2, -0.15) is 0 Å². The number of nitrogens with zero attached hydrogens (tertiary/aromatic N) is 1. The molecule has 0 atom stereocenters. The molecule has 1 heterocycles. The van der Waals surface area contributed by atoms with E-state index in [0.717, 1.165) is 17.4 Å². The van der Waals surface area contributed by atoms with E-state index in [9.17, 15) is 4.79 Å². The van der Waals surface area contributed by atoms with E-state index in [0.29, 0.717) is 23.1 Å². The van der Waals surface area contributed by atoms with Crippen LogP contribution in [0.3, 0.4) is 0 Å². The van der Waals surface area contributed by atoms with Gasteiger partial charge in [0.05, 0.1) is 0 Å². The Labute approximate surface area is 110 Å². The molecule has 0 bridgehead atoms. The quantitative estimate of drug-likeness (QED) is 0.792. The Bertz CT molecular complexity index is 569. The second kappa shape index (κ2) is 5.65. The number of halogens is 1. The molecule has 0 amide bonds. The van der Waals surface area contributed by atoms with Crippen molar-refractivity contribution in [1.29, 1.82) is 0 Å². The number of rotatable bonds is 4. The minimum absolute atomic E-state index is 0.355. The molecule has 0 radical (unpaired) electrons. The number of pyridine rings is 1. The van der Waals surface area contributed by atoms with Gasteiger partial charge in [-0.15, -0.1) is 0 Å². The van der Waals surface area contributed by atoms with Crippen molar-refractivity contribution < 1.29 is 9.53 Å². The highest BCUT2D eigenvalue weighted by molar-refractivity contribution is 6.31. The zero-order chi connectivity index (χ0) is 13.0. The van der Waals surface area contributed by atoms with Gasteiger partial charge in [-0.25, -0.2) is 4.98 Å². The summed E-state index contributed by atoms with van der Waals surface area (Å²) in [6.45, 7) is 2.20. The fraction of sp³-hybridized carbons (Fsp3) is 0.143. The molecule has 1 aromatic heterocycles. The van der Waals surface area contributed by atoms with Crippen LogP contribution in [0.4, 0.5) is 0 Å². The smallest absolute Gasteiger partial charge is 0.216 e. The molecule has 0 aliphatic rings. The molecule has 2 aromatic rings. The van der Waals surface area contributed by atoms with Crippen molar-refractivity contribution in [2.45, 2.75) is 13.5 Å². The fourth-order valence-electron chi connectivity index (χ4n) is 1.56. The van der Waals surface area contributed by atoms with Crippen LogP contribution in [-0.4, -0.2) is 11.3 Å². The summed E-state index contributed by atoms with van der Waals surface area (Å²) in [4.78, 5) is 14.7. The predicted molar refractivity (Wildman–Crippen MR) is 70.1 cm³/mol. The third-order valence-corrected chi connectivity index (χ3v) is 2.88. The van der Waals surface area contributed by atoms with Crippen molar-refractivity contribution in [3.63, 3.8) is 0 Å². The Hall–Kier alpha value is -1.87. The summed E-state index contributed by atoms with van der Waals surface area (Å²) in [5.41, 5.74) is 2.27. The number of carbonyl (C=O) groups is 1. The van der Waals surface area contributed by atoms with E-state index in [1.807, 2.05) is 31.2 Å². The van der Waals surface area contributed by atoms with Crippen LogP contribution >= 0.6 is 11.6 Å². The third-order valence-electron chi connectivity index (χ3n) is 2.51. The molecule has 18 heavy (non-hydrogen) atoms. The second-order valence-electron chi connectivity index (χ2n) is 3.89. The minimum Gasteiger partial charge on any atom is -0.473 e. The summed E-state index contributed by atoms with van der Waals surface area (Å²) in [5, 5.41) is 0.666. The van der Waals surface area contributed by atoms with Crippen molar-refractivity contribution >= 4 is 17.9 Å². The maximum Gasteiger partial charge on any atom is 0.216 e. The number of aldehydes is 1. The molecule has 2 rings (SSSR count). The van der Waals surface area contributed by atoms with Crippen LogP contribution in [0.1, 0.15) is 21.5 Å². The molecular formula is C14H12ClNO2. The minimum atomic E-state index is 0.355. The highest BCUT2D eigenvalue weighted by Crippen LogP contribution is 2.19. The van der Waals surface area contributed by atoms with Crippen LogP contribution in [-0.2, 0) is 6.61 Å². The Morgan fingerprint density at radius 2 is 2.17 bits per heavy atom. The Morgan fingerprint density at radius 3 is 2.83 bits per heavy atom. The van der Waals surface area contributed by atoms with E-state index < -0.39 is 0 Å². The Kier molecular flexibility index (Phi) is 3.95. The van der Waals surface area contributed by atoms with E-state index in [1.165, 1.54) is 6.20 Å². The molecule has 3 nitrogen and oxygen atoms in total. The topological polar surface area (TPSA) is 39.2 Å². The lowest BCUT2D eigenvalue weighted by molar-refractivity contribution is 0.112. The van der Waals surface area contributed by atoms with E-state index >= 15 is 0 Å². The van der Waals surface area contributed by atoms with Gasteiger partial charge in [0.1, 0.15) is 6.61 Å². The van der Waals surface area contributed by atoms with Crippen molar-refractivity contribution in [3.8, 4) is 5.88 Å². The number of ether oxygens (including phenoxy) is 1. The highest BCUT2D eigenvalue weighted by atomic mass is 35.5. The molecule has 0 N–H and O–H groups in total. The summed E-state index contributed by atoms with van der Waals surface area (Å²) in [6.07, 6.45) is 2.25. The Balaban J connectivity index is 2.11. The van der Waals surface area contributed by atoms with Gasteiger partial charge in [0.25, 0.3) is 0 Å². The van der Waals surface area contributed by atoms with Gasteiger partial charge in [0.2, 0.25) is 5.88 Å². The number of carbonyl (C=O) groups excluding carboxylic acids is 1. The molecule has 0 fully saturated rings. The zero-order valence-corrected chi connectivity index (χ0v) is 10.6. The fourth-order valence-corrected chi connectivity index (χ4v) is 1.75. The predicted octanol–water partition coefficient (Wildman–Crippen LogP) is 3.43. The summed E-state index contributed by atoms with van der Waals surface area (Å²) in [7, 11) is 0. The maximum atomic E-state index is 10.6. The standard InChI is InChI=1S/C14H12ClNO2/c1-10-6-11(8-17)7-16-14(10)18-9-12-4-2-3-5-13(12)15/h2-8H,9H2,1H3. The third kappa shape index (κ3) is 2.87. The van der Waals surface area contributed by atoms with Crippen molar-refractivity contribution in [2.75, 3.05) is 0 Å². The molecular weight excluding hydrogens is 250 g/mol. The SMILES string of the molecule is Cc1cc(C=O)cnc1OCc1ccccc1Cl. The van der Waals surface area contributed by atoms with Gasteiger partial charge in [0.15, 0.2) is 6.29 Å². The molecule has 0 saturated heterocycles. The van der Waals surface area contributed by atoms with Crippen LogP contribution < -0.4 is 4.74 Å². The molecule has 1 aromatic carbocycles. The molecule has 0 spiro atoms. The van der Waals surface area contributed by atoms with Crippen molar-refractivity contribution in [2.24, 2.45) is 0 Å². The van der Waals surface area contributed by atoms with Gasteiger partial charge in [0, 0.05) is 27.9 Å². The molecule has 0 aliphatic heterocycles. The van der Waals surface area contributed by atoms with Gasteiger partial charge in [-0.05, 0) is 19.1 Å². The highest BCUT2D eigenvalue weighted by Gasteiger charge is 2.05. The maximum absolute atomic E-state index is 10.6.